The van der Waals surface area contributed by atoms with Crippen LogP contribution in [-0.4, -0.2) is 54.1 Å². The minimum Gasteiger partial charge on any atom is -0.495 e. The van der Waals surface area contributed by atoms with Crippen LogP contribution in [-0.2, 0) is 6.18 Å². The van der Waals surface area contributed by atoms with Crippen LogP contribution in [0.2, 0.25) is 0 Å². The van der Waals surface area contributed by atoms with Crippen molar-refractivity contribution in [2.75, 3.05) is 37.9 Å². The van der Waals surface area contributed by atoms with Crippen molar-refractivity contribution in [1.29, 1.82) is 0 Å². The number of ether oxygens (including phenoxy) is 1. The molecule has 4 bridgehead atoms. The van der Waals surface area contributed by atoms with Crippen molar-refractivity contribution in [3.8, 4) is 5.75 Å². The monoisotopic (exact) mass is 648 g/mol. The lowest BCUT2D eigenvalue weighted by Gasteiger charge is -2.58. The summed E-state index contributed by atoms with van der Waals surface area (Å²) in [5.41, 5.74) is 1.74. The molecule has 4 saturated carbocycles. The van der Waals surface area contributed by atoms with E-state index in [2.05, 4.69) is 36.9 Å². The molecule has 1 aliphatic heterocycles. The van der Waals surface area contributed by atoms with Crippen molar-refractivity contribution < 1.29 is 22.7 Å². The number of likely N-dealkylation sites (tertiary alicyclic amines) is 1. The molecule has 47 heavy (non-hydrogen) atoms. The van der Waals surface area contributed by atoms with Crippen molar-refractivity contribution in [1.82, 2.24) is 20.2 Å². The number of carbonyl (C=O) groups is 1. The number of para-hydroxylation sites is 1. The molecule has 8 rings (SSSR count). The normalized spacial score (nSPS) is 25.9. The maximum Gasteiger partial charge on any atom is 0.421 e. The summed E-state index contributed by atoms with van der Waals surface area (Å²) in [4.78, 5) is 23.5. The van der Waals surface area contributed by atoms with Crippen LogP contribution in [0.15, 0.2) is 42.6 Å². The second-order valence-corrected chi connectivity index (χ2v) is 14.0. The number of rotatable bonds is 8. The zero-order valence-corrected chi connectivity index (χ0v) is 27.2. The number of aromatic nitrogens is 2. The second-order valence-electron chi connectivity index (χ2n) is 14.0. The summed E-state index contributed by atoms with van der Waals surface area (Å²) >= 11 is 0. The van der Waals surface area contributed by atoms with E-state index >= 15 is 0 Å². The molecule has 2 aromatic carbocycles. The van der Waals surface area contributed by atoms with E-state index in [1.807, 2.05) is 12.1 Å². The van der Waals surface area contributed by atoms with Crippen molar-refractivity contribution in [2.24, 2.45) is 23.7 Å². The summed E-state index contributed by atoms with van der Waals surface area (Å²) in [5.74, 6) is 3.82. The van der Waals surface area contributed by atoms with E-state index in [1.54, 1.807) is 32.2 Å². The Labute approximate surface area is 273 Å². The number of hydrogen-bond donors (Lipinski definition) is 3. The van der Waals surface area contributed by atoms with E-state index in [9.17, 15) is 18.0 Å². The molecule has 1 saturated heterocycles. The molecule has 3 N–H and O–H groups in total. The number of alkyl halides is 3. The summed E-state index contributed by atoms with van der Waals surface area (Å²) in [5, 5.41) is 8.36. The quantitative estimate of drug-likeness (QED) is 0.231. The second kappa shape index (κ2) is 12.6. The molecule has 0 spiro atoms. The minimum atomic E-state index is -4.72. The van der Waals surface area contributed by atoms with E-state index in [4.69, 9.17) is 4.74 Å². The molecular formula is C36H43F3N6O2. The highest BCUT2D eigenvalue weighted by molar-refractivity contribution is 6.00. The number of benzene rings is 2. The average Bonchev–Trinajstić information content (AvgIpc) is 3.05. The third kappa shape index (κ3) is 6.26. The van der Waals surface area contributed by atoms with Gasteiger partial charge in [0.1, 0.15) is 17.1 Å². The summed E-state index contributed by atoms with van der Waals surface area (Å²) < 4.78 is 47.9. The summed E-state index contributed by atoms with van der Waals surface area (Å²) in [6.07, 6.45) is 5.46. The molecule has 5 fully saturated rings. The van der Waals surface area contributed by atoms with Crippen LogP contribution < -0.4 is 20.7 Å². The average molecular weight is 649 g/mol. The first kappa shape index (κ1) is 31.7. The highest BCUT2D eigenvalue weighted by atomic mass is 19.4. The molecular weight excluding hydrogens is 605 g/mol. The number of methoxy groups -OCH3 is 1. The number of anilines is 4. The number of aryl methyl sites for hydroxylation is 1. The Morgan fingerprint density at radius 3 is 2.32 bits per heavy atom. The molecule has 11 heteroatoms. The lowest BCUT2D eigenvalue weighted by atomic mass is 9.53. The number of halogens is 3. The van der Waals surface area contributed by atoms with E-state index in [0.717, 1.165) is 61.8 Å². The minimum absolute atomic E-state index is 0.0365. The molecule has 250 valence electrons. The fourth-order valence-corrected chi connectivity index (χ4v) is 9.23. The number of nitrogens with zero attached hydrogens (tertiary/aromatic N) is 3. The Balaban J connectivity index is 1.07. The van der Waals surface area contributed by atoms with E-state index in [-0.39, 0.29) is 17.2 Å². The fraction of sp³-hybridized carbons (Fsp3) is 0.528. The first-order chi connectivity index (χ1) is 22.6. The zero-order valence-electron chi connectivity index (χ0n) is 27.2. The van der Waals surface area contributed by atoms with Crippen LogP contribution in [0.5, 0.6) is 5.75 Å². The van der Waals surface area contributed by atoms with Gasteiger partial charge in [-0.25, -0.2) is 4.98 Å². The number of hydrogen-bond acceptors (Lipinski definition) is 7. The van der Waals surface area contributed by atoms with Crippen LogP contribution in [0.3, 0.4) is 0 Å². The Hall–Kier alpha value is -3.86. The SMILES string of the molecule is CNC(=O)c1cccc(C)c1Nc1nc(Nc2ccc(C3CCN([C@H]4C5CC6CC4C[C@@H](C6)C5)CC3)cc2OC)ncc1C(F)(F)F. The van der Waals surface area contributed by atoms with Gasteiger partial charge in [-0.05, 0) is 124 Å². The summed E-state index contributed by atoms with van der Waals surface area (Å²) in [7, 11) is 3.05. The van der Waals surface area contributed by atoms with Crippen molar-refractivity contribution >= 4 is 29.0 Å². The van der Waals surface area contributed by atoms with Gasteiger partial charge in [0, 0.05) is 19.3 Å². The molecule has 0 radical (unpaired) electrons. The van der Waals surface area contributed by atoms with Gasteiger partial charge >= 0.3 is 6.18 Å². The molecule has 0 atom stereocenters. The molecule has 2 heterocycles. The molecule has 5 aliphatic rings. The lowest BCUT2D eigenvalue weighted by molar-refractivity contribution is -0.137. The van der Waals surface area contributed by atoms with Crippen LogP contribution in [0.4, 0.5) is 36.3 Å². The van der Waals surface area contributed by atoms with Gasteiger partial charge in [-0.1, -0.05) is 18.2 Å². The van der Waals surface area contributed by atoms with Crippen molar-refractivity contribution in [3.63, 3.8) is 0 Å². The van der Waals surface area contributed by atoms with Crippen LogP contribution in [0.1, 0.15) is 77.9 Å². The van der Waals surface area contributed by atoms with E-state index in [0.29, 0.717) is 22.9 Å². The topological polar surface area (TPSA) is 91.4 Å². The van der Waals surface area contributed by atoms with Crippen LogP contribution in [0, 0.1) is 30.6 Å². The van der Waals surface area contributed by atoms with Crippen molar-refractivity contribution in [3.05, 3.63) is 64.8 Å². The zero-order chi connectivity index (χ0) is 32.9. The molecule has 0 unspecified atom stereocenters. The molecule has 4 aliphatic carbocycles. The fourth-order valence-electron chi connectivity index (χ4n) is 9.23. The van der Waals surface area contributed by atoms with E-state index < -0.39 is 23.5 Å². The molecule has 3 aromatic rings. The van der Waals surface area contributed by atoms with Gasteiger partial charge in [0.25, 0.3) is 5.91 Å². The summed E-state index contributed by atoms with van der Waals surface area (Å²) in [6, 6.07) is 11.7. The van der Waals surface area contributed by atoms with Crippen LogP contribution in [0.25, 0.3) is 0 Å². The van der Waals surface area contributed by atoms with Gasteiger partial charge < -0.3 is 20.7 Å². The number of piperidine rings is 1. The van der Waals surface area contributed by atoms with Gasteiger partial charge in [0.15, 0.2) is 0 Å². The number of amides is 1. The molecule has 1 amide bonds. The van der Waals surface area contributed by atoms with Gasteiger partial charge in [-0.15, -0.1) is 0 Å². The Kier molecular flexibility index (Phi) is 8.53. The molecule has 1 aromatic heterocycles. The highest BCUT2D eigenvalue weighted by Gasteiger charge is 2.50. The maximum atomic E-state index is 14.0. The predicted molar refractivity (Wildman–Crippen MR) is 176 cm³/mol. The highest BCUT2D eigenvalue weighted by Crippen LogP contribution is 2.55. The standard InChI is InChI=1S/C36H43F3N6O2/c1-20-5-4-6-27(34(46)40-2)31(20)43-33-28(36(37,38)39)19-41-35(44-33)42-29-8-7-24(18-30(29)47-3)23-9-11-45(12-10-23)32-25-14-21-13-22(16-25)17-26(32)15-21/h4-8,18-19,21-23,25-26,32H,9-17H2,1-3H3,(H,40,46)(H2,41,42,43,44)/t21-,22?,25?,26?,32-. The largest absolute Gasteiger partial charge is 0.495 e. The van der Waals surface area contributed by atoms with Gasteiger partial charge in [-0.2, -0.15) is 18.2 Å². The first-order valence-electron chi connectivity index (χ1n) is 16.8. The third-order valence-corrected chi connectivity index (χ3v) is 11.2. The van der Waals surface area contributed by atoms with Gasteiger partial charge in [-0.3, -0.25) is 9.69 Å². The van der Waals surface area contributed by atoms with E-state index in [1.165, 1.54) is 44.7 Å². The smallest absolute Gasteiger partial charge is 0.421 e. The van der Waals surface area contributed by atoms with Gasteiger partial charge in [0.05, 0.1) is 24.0 Å². The molecule has 8 nitrogen and oxygen atoms in total. The number of nitrogens with one attached hydrogen (secondary N) is 3. The lowest BCUT2D eigenvalue weighted by Crippen LogP contribution is -2.57. The predicted octanol–water partition coefficient (Wildman–Crippen LogP) is 7.66. The van der Waals surface area contributed by atoms with Gasteiger partial charge in [0.2, 0.25) is 5.95 Å². The van der Waals surface area contributed by atoms with Crippen molar-refractivity contribution in [2.45, 2.75) is 70.0 Å². The first-order valence-corrected chi connectivity index (χ1v) is 16.8. The summed E-state index contributed by atoms with van der Waals surface area (Å²) in [6.45, 7) is 3.96. The maximum absolute atomic E-state index is 14.0. The Morgan fingerprint density at radius 1 is 0.979 bits per heavy atom. The third-order valence-electron chi connectivity index (χ3n) is 11.2. The Morgan fingerprint density at radius 2 is 1.68 bits per heavy atom. The number of carbonyl (C=O) groups excluding carboxylic acids is 1. The van der Waals surface area contributed by atoms with Crippen LogP contribution >= 0.6 is 0 Å². The Bertz CT molecular complexity index is 1610.